The standard InChI is InChI=1S/C11H14O2/c1-8-4-5-10(9(2)7-12)6-11(8)13-3/h4-7,9H,1-3H3/t9-/m1/s1. The van der Waals surface area contributed by atoms with Crippen LogP contribution < -0.4 is 4.74 Å². The Morgan fingerprint density at radius 3 is 2.69 bits per heavy atom. The average Bonchev–Trinajstić information content (AvgIpc) is 2.17. The van der Waals surface area contributed by atoms with Gasteiger partial charge in [-0.3, -0.25) is 0 Å². The minimum atomic E-state index is -0.0606. The molecule has 1 aromatic carbocycles. The summed E-state index contributed by atoms with van der Waals surface area (Å²) in [5.74, 6) is 0.778. The Kier molecular flexibility index (Phi) is 3.07. The quantitative estimate of drug-likeness (QED) is 0.664. The van der Waals surface area contributed by atoms with Crippen LogP contribution in [0.3, 0.4) is 0 Å². The molecule has 0 bridgehead atoms. The van der Waals surface area contributed by atoms with E-state index in [4.69, 9.17) is 4.74 Å². The lowest BCUT2D eigenvalue weighted by Crippen LogP contribution is -1.96. The lowest BCUT2D eigenvalue weighted by atomic mass is 10.0. The van der Waals surface area contributed by atoms with Crippen LogP contribution in [0, 0.1) is 6.92 Å². The van der Waals surface area contributed by atoms with Crippen molar-refractivity contribution in [2.75, 3.05) is 7.11 Å². The van der Waals surface area contributed by atoms with Crippen LogP contribution in [0.5, 0.6) is 5.75 Å². The third-order valence-corrected chi connectivity index (χ3v) is 2.16. The molecule has 0 heterocycles. The third kappa shape index (κ3) is 2.08. The monoisotopic (exact) mass is 178 g/mol. The van der Waals surface area contributed by atoms with E-state index in [1.54, 1.807) is 7.11 Å². The van der Waals surface area contributed by atoms with Crippen molar-refractivity contribution >= 4 is 6.29 Å². The Hall–Kier alpha value is -1.31. The zero-order valence-corrected chi connectivity index (χ0v) is 8.20. The van der Waals surface area contributed by atoms with E-state index in [2.05, 4.69) is 0 Å². The van der Waals surface area contributed by atoms with E-state index in [-0.39, 0.29) is 5.92 Å². The van der Waals surface area contributed by atoms with Crippen molar-refractivity contribution in [2.24, 2.45) is 0 Å². The fourth-order valence-corrected chi connectivity index (χ4v) is 1.20. The largest absolute Gasteiger partial charge is 0.496 e. The predicted octanol–water partition coefficient (Wildman–Crippen LogP) is 2.31. The molecule has 0 fully saturated rings. The Morgan fingerprint density at radius 1 is 1.46 bits per heavy atom. The fourth-order valence-electron chi connectivity index (χ4n) is 1.20. The van der Waals surface area contributed by atoms with E-state index in [1.165, 1.54) is 0 Å². The van der Waals surface area contributed by atoms with Gasteiger partial charge in [0.2, 0.25) is 0 Å². The van der Waals surface area contributed by atoms with Gasteiger partial charge in [-0.05, 0) is 24.1 Å². The molecule has 0 N–H and O–H groups in total. The van der Waals surface area contributed by atoms with Crippen LogP contribution in [0.4, 0.5) is 0 Å². The molecule has 0 spiro atoms. The number of ether oxygens (including phenoxy) is 1. The summed E-state index contributed by atoms with van der Waals surface area (Å²) in [5, 5.41) is 0. The molecule has 0 unspecified atom stereocenters. The van der Waals surface area contributed by atoms with Gasteiger partial charge in [0, 0.05) is 5.92 Å². The van der Waals surface area contributed by atoms with Crippen LogP contribution in [0.25, 0.3) is 0 Å². The molecule has 0 aliphatic carbocycles. The van der Waals surface area contributed by atoms with Crippen LogP contribution >= 0.6 is 0 Å². The highest BCUT2D eigenvalue weighted by Crippen LogP contribution is 2.22. The van der Waals surface area contributed by atoms with Crippen molar-refractivity contribution < 1.29 is 9.53 Å². The molecule has 0 saturated heterocycles. The van der Waals surface area contributed by atoms with Gasteiger partial charge in [0.05, 0.1) is 7.11 Å². The molecule has 1 aromatic rings. The number of hydrogen-bond donors (Lipinski definition) is 0. The summed E-state index contributed by atoms with van der Waals surface area (Å²) >= 11 is 0. The molecule has 2 nitrogen and oxygen atoms in total. The first-order valence-corrected chi connectivity index (χ1v) is 4.29. The first kappa shape index (κ1) is 9.78. The van der Waals surface area contributed by atoms with E-state index in [1.807, 2.05) is 32.0 Å². The zero-order chi connectivity index (χ0) is 9.84. The Morgan fingerprint density at radius 2 is 2.15 bits per heavy atom. The van der Waals surface area contributed by atoms with Gasteiger partial charge in [0.1, 0.15) is 12.0 Å². The SMILES string of the molecule is COc1cc([C@H](C)C=O)ccc1C. The van der Waals surface area contributed by atoms with Crippen LogP contribution in [0.2, 0.25) is 0 Å². The molecule has 0 saturated carbocycles. The van der Waals surface area contributed by atoms with Crippen molar-refractivity contribution in [3.63, 3.8) is 0 Å². The van der Waals surface area contributed by atoms with E-state index < -0.39 is 0 Å². The van der Waals surface area contributed by atoms with E-state index >= 15 is 0 Å². The molecular formula is C11H14O2. The van der Waals surface area contributed by atoms with E-state index in [0.29, 0.717) is 0 Å². The predicted molar refractivity (Wildman–Crippen MR) is 52.2 cm³/mol. The van der Waals surface area contributed by atoms with Gasteiger partial charge in [-0.25, -0.2) is 0 Å². The van der Waals surface area contributed by atoms with Crippen LogP contribution in [-0.4, -0.2) is 13.4 Å². The average molecular weight is 178 g/mol. The van der Waals surface area contributed by atoms with Crippen molar-refractivity contribution in [3.05, 3.63) is 29.3 Å². The number of rotatable bonds is 3. The molecule has 13 heavy (non-hydrogen) atoms. The fraction of sp³-hybridized carbons (Fsp3) is 0.364. The van der Waals surface area contributed by atoms with Crippen molar-refractivity contribution in [1.82, 2.24) is 0 Å². The second-order valence-electron chi connectivity index (χ2n) is 3.15. The van der Waals surface area contributed by atoms with E-state index in [0.717, 1.165) is 23.2 Å². The molecule has 1 rings (SSSR count). The van der Waals surface area contributed by atoms with Crippen molar-refractivity contribution in [3.8, 4) is 5.75 Å². The highest BCUT2D eigenvalue weighted by atomic mass is 16.5. The number of benzene rings is 1. The molecule has 0 aliphatic heterocycles. The summed E-state index contributed by atoms with van der Waals surface area (Å²) in [6.07, 6.45) is 0.935. The number of hydrogen-bond acceptors (Lipinski definition) is 2. The molecule has 70 valence electrons. The van der Waals surface area contributed by atoms with Crippen LogP contribution in [0.1, 0.15) is 24.0 Å². The number of aryl methyl sites for hydroxylation is 1. The maximum Gasteiger partial charge on any atom is 0.127 e. The van der Waals surface area contributed by atoms with Gasteiger partial charge in [-0.1, -0.05) is 19.1 Å². The van der Waals surface area contributed by atoms with Crippen molar-refractivity contribution in [1.29, 1.82) is 0 Å². The van der Waals surface area contributed by atoms with Crippen LogP contribution in [0.15, 0.2) is 18.2 Å². The maximum absolute atomic E-state index is 10.5. The summed E-state index contributed by atoms with van der Waals surface area (Å²) in [6.45, 7) is 3.85. The minimum absolute atomic E-state index is 0.0606. The molecule has 1 atom stereocenters. The van der Waals surface area contributed by atoms with Gasteiger partial charge in [0.25, 0.3) is 0 Å². The van der Waals surface area contributed by atoms with Crippen molar-refractivity contribution in [2.45, 2.75) is 19.8 Å². The molecule has 0 radical (unpaired) electrons. The van der Waals surface area contributed by atoms with Gasteiger partial charge >= 0.3 is 0 Å². The highest BCUT2D eigenvalue weighted by Gasteiger charge is 2.06. The molecule has 0 aromatic heterocycles. The molecule has 2 heteroatoms. The number of aldehydes is 1. The smallest absolute Gasteiger partial charge is 0.127 e. The summed E-state index contributed by atoms with van der Waals surface area (Å²) < 4.78 is 5.16. The van der Waals surface area contributed by atoms with Crippen LogP contribution in [-0.2, 0) is 4.79 Å². The number of carbonyl (C=O) groups is 1. The van der Waals surface area contributed by atoms with Gasteiger partial charge in [-0.2, -0.15) is 0 Å². The summed E-state index contributed by atoms with van der Waals surface area (Å²) in [7, 11) is 1.64. The highest BCUT2D eigenvalue weighted by molar-refractivity contribution is 5.62. The zero-order valence-electron chi connectivity index (χ0n) is 8.20. The molecule has 0 amide bonds. The second kappa shape index (κ2) is 4.08. The lowest BCUT2D eigenvalue weighted by Gasteiger charge is -2.08. The number of methoxy groups -OCH3 is 1. The number of carbonyl (C=O) groups excluding carboxylic acids is 1. The summed E-state index contributed by atoms with van der Waals surface area (Å²) in [5.41, 5.74) is 2.08. The minimum Gasteiger partial charge on any atom is -0.496 e. The Balaban J connectivity index is 3.05. The third-order valence-electron chi connectivity index (χ3n) is 2.16. The Labute approximate surface area is 78.5 Å². The normalized spacial score (nSPS) is 12.2. The lowest BCUT2D eigenvalue weighted by molar-refractivity contribution is -0.108. The second-order valence-corrected chi connectivity index (χ2v) is 3.15. The topological polar surface area (TPSA) is 26.3 Å². The summed E-state index contributed by atoms with van der Waals surface area (Å²) in [4.78, 5) is 10.5. The summed E-state index contributed by atoms with van der Waals surface area (Å²) in [6, 6.07) is 5.83. The molecular weight excluding hydrogens is 164 g/mol. The van der Waals surface area contributed by atoms with Gasteiger partial charge < -0.3 is 9.53 Å². The van der Waals surface area contributed by atoms with Gasteiger partial charge in [-0.15, -0.1) is 0 Å². The first-order chi connectivity index (χ1) is 6.19. The van der Waals surface area contributed by atoms with Gasteiger partial charge in [0.15, 0.2) is 0 Å². The maximum atomic E-state index is 10.5. The molecule has 0 aliphatic rings. The van der Waals surface area contributed by atoms with E-state index in [9.17, 15) is 4.79 Å². The first-order valence-electron chi connectivity index (χ1n) is 4.29. The Bertz CT molecular complexity index is 305.